The number of benzene rings is 1. The van der Waals surface area contributed by atoms with Crippen LogP contribution in [-0.4, -0.2) is 28.7 Å². The van der Waals surface area contributed by atoms with E-state index in [2.05, 4.69) is 0 Å². The maximum atomic E-state index is 13.5. The summed E-state index contributed by atoms with van der Waals surface area (Å²) in [6.45, 7) is 0.540. The fraction of sp³-hybridized carbons (Fsp3) is 0.400. The summed E-state index contributed by atoms with van der Waals surface area (Å²) in [4.78, 5) is -0.899. The Morgan fingerprint density at radius 3 is 2.44 bits per heavy atom. The van der Waals surface area contributed by atoms with Crippen molar-refractivity contribution in [2.75, 3.05) is 20.3 Å². The maximum absolute atomic E-state index is 13.5. The number of nitrogens with two attached hydrogens (primary N) is 1. The molecule has 2 N–H and O–H groups in total. The zero-order chi connectivity index (χ0) is 13.8. The van der Waals surface area contributed by atoms with Crippen LogP contribution in [0.3, 0.4) is 0 Å². The molecule has 0 spiro atoms. The number of hydrogen-bond acceptors (Lipinski definition) is 4. The summed E-state index contributed by atoms with van der Waals surface area (Å²) in [6.07, 6.45) is 0.495. The van der Waals surface area contributed by atoms with E-state index in [4.69, 9.17) is 14.6 Å². The molecule has 0 aliphatic carbocycles. The van der Waals surface area contributed by atoms with E-state index in [9.17, 15) is 17.2 Å². The summed E-state index contributed by atoms with van der Waals surface area (Å²) in [5.41, 5.74) is 0. The van der Waals surface area contributed by atoms with E-state index in [1.165, 1.54) is 7.11 Å². The van der Waals surface area contributed by atoms with E-state index in [1.54, 1.807) is 0 Å². The molecule has 1 aromatic rings. The molecule has 0 radical (unpaired) electrons. The molecular weight excluding hydrogens is 268 g/mol. The average molecular weight is 281 g/mol. The first-order valence-electron chi connectivity index (χ1n) is 5.00. The molecular formula is C10H13F2NO4S. The molecule has 18 heavy (non-hydrogen) atoms. The van der Waals surface area contributed by atoms with E-state index < -0.39 is 26.6 Å². The van der Waals surface area contributed by atoms with Crippen LogP contribution in [0.25, 0.3) is 0 Å². The molecule has 0 saturated heterocycles. The van der Waals surface area contributed by atoms with Crippen molar-refractivity contribution >= 4 is 10.0 Å². The standard InChI is InChI=1S/C10H13F2NO4S/c1-16-5-2-6-17-7-3-4-8(18(13,14)15)10(12)9(7)11/h3-4H,2,5-6H2,1H3,(H2,13,14,15). The van der Waals surface area contributed by atoms with Gasteiger partial charge < -0.3 is 9.47 Å². The highest BCUT2D eigenvalue weighted by Gasteiger charge is 2.21. The van der Waals surface area contributed by atoms with Crippen LogP contribution in [0.15, 0.2) is 17.0 Å². The van der Waals surface area contributed by atoms with Gasteiger partial charge in [-0.2, -0.15) is 4.39 Å². The average Bonchev–Trinajstić information content (AvgIpc) is 2.28. The number of hydrogen-bond donors (Lipinski definition) is 1. The lowest BCUT2D eigenvalue weighted by atomic mass is 10.3. The minimum Gasteiger partial charge on any atom is -0.490 e. The van der Waals surface area contributed by atoms with Crippen LogP contribution in [0.5, 0.6) is 5.75 Å². The van der Waals surface area contributed by atoms with Gasteiger partial charge in [-0.25, -0.2) is 17.9 Å². The summed E-state index contributed by atoms with van der Waals surface area (Å²) in [6, 6.07) is 1.88. The molecule has 0 amide bonds. The van der Waals surface area contributed by atoms with Crippen LogP contribution in [-0.2, 0) is 14.8 Å². The predicted molar refractivity (Wildman–Crippen MR) is 59.7 cm³/mol. The largest absolute Gasteiger partial charge is 0.490 e. The van der Waals surface area contributed by atoms with E-state index in [0.29, 0.717) is 13.0 Å². The van der Waals surface area contributed by atoms with Crippen LogP contribution >= 0.6 is 0 Å². The van der Waals surface area contributed by atoms with Gasteiger partial charge in [-0.3, -0.25) is 0 Å². The summed E-state index contributed by atoms with van der Waals surface area (Å²) < 4.78 is 58.4. The van der Waals surface area contributed by atoms with Gasteiger partial charge in [-0.1, -0.05) is 0 Å². The minimum absolute atomic E-state index is 0.124. The monoisotopic (exact) mass is 281 g/mol. The zero-order valence-electron chi connectivity index (χ0n) is 9.65. The Kier molecular flexibility index (Phi) is 5.00. The Hall–Kier alpha value is -1.25. The molecule has 8 heteroatoms. The Morgan fingerprint density at radius 2 is 1.89 bits per heavy atom. The molecule has 0 unspecified atom stereocenters. The number of halogens is 2. The van der Waals surface area contributed by atoms with Crippen LogP contribution in [0.2, 0.25) is 0 Å². The predicted octanol–water partition coefficient (Wildman–Crippen LogP) is 1.03. The molecule has 0 bridgehead atoms. The summed E-state index contributed by atoms with van der Waals surface area (Å²) in [7, 11) is -2.79. The van der Waals surface area contributed by atoms with Crippen LogP contribution in [0.1, 0.15) is 6.42 Å². The fourth-order valence-corrected chi connectivity index (χ4v) is 1.83. The van der Waals surface area contributed by atoms with Crippen molar-refractivity contribution in [1.82, 2.24) is 0 Å². The van der Waals surface area contributed by atoms with Crippen molar-refractivity contribution in [1.29, 1.82) is 0 Å². The Labute approximate surface area is 104 Å². The number of ether oxygens (including phenoxy) is 2. The van der Waals surface area contributed by atoms with Crippen molar-refractivity contribution in [3.8, 4) is 5.75 Å². The van der Waals surface area contributed by atoms with Gasteiger partial charge >= 0.3 is 0 Å². The molecule has 0 aliphatic heterocycles. The molecule has 0 fully saturated rings. The number of sulfonamides is 1. The highest BCUT2D eigenvalue weighted by atomic mass is 32.2. The van der Waals surface area contributed by atoms with Gasteiger partial charge in [-0.15, -0.1) is 0 Å². The Morgan fingerprint density at radius 1 is 1.22 bits per heavy atom. The molecule has 0 atom stereocenters. The van der Waals surface area contributed by atoms with Gasteiger partial charge in [0.15, 0.2) is 11.6 Å². The molecule has 0 saturated carbocycles. The molecule has 0 aromatic heterocycles. The van der Waals surface area contributed by atoms with Crippen LogP contribution in [0.4, 0.5) is 8.78 Å². The number of primary sulfonamides is 1. The van der Waals surface area contributed by atoms with Crippen LogP contribution < -0.4 is 9.88 Å². The third kappa shape index (κ3) is 3.62. The zero-order valence-corrected chi connectivity index (χ0v) is 10.5. The first kappa shape index (κ1) is 14.8. The van der Waals surface area contributed by atoms with Gasteiger partial charge in [0, 0.05) is 20.1 Å². The fourth-order valence-electron chi connectivity index (χ4n) is 1.23. The Bertz CT molecular complexity index is 519. The van der Waals surface area contributed by atoms with Crippen molar-refractivity contribution < 1.29 is 26.7 Å². The van der Waals surface area contributed by atoms with Gasteiger partial charge in [0.25, 0.3) is 0 Å². The Balaban J connectivity index is 2.88. The normalized spacial score (nSPS) is 11.6. The smallest absolute Gasteiger partial charge is 0.241 e. The van der Waals surface area contributed by atoms with Gasteiger partial charge in [0.05, 0.1) is 6.61 Å². The number of rotatable bonds is 6. The van der Waals surface area contributed by atoms with Crippen molar-refractivity contribution in [3.05, 3.63) is 23.8 Å². The van der Waals surface area contributed by atoms with Crippen molar-refractivity contribution in [2.24, 2.45) is 5.14 Å². The summed E-state index contributed by atoms with van der Waals surface area (Å²) in [5.74, 6) is -3.28. The second kappa shape index (κ2) is 6.07. The quantitative estimate of drug-likeness (QED) is 0.790. The minimum atomic E-state index is -4.29. The number of methoxy groups -OCH3 is 1. The van der Waals surface area contributed by atoms with E-state index >= 15 is 0 Å². The molecule has 102 valence electrons. The SMILES string of the molecule is COCCCOc1ccc(S(N)(=O)=O)c(F)c1F. The van der Waals surface area contributed by atoms with Crippen LogP contribution in [0, 0.1) is 11.6 Å². The van der Waals surface area contributed by atoms with Crippen molar-refractivity contribution in [3.63, 3.8) is 0 Å². The van der Waals surface area contributed by atoms with Gasteiger partial charge in [-0.05, 0) is 12.1 Å². The second-order valence-electron chi connectivity index (χ2n) is 3.43. The van der Waals surface area contributed by atoms with Gasteiger partial charge in [0.1, 0.15) is 4.90 Å². The van der Waals surface area contributed by atoms with Crippen molar-refractivity contribution in [2.45, 2.75) is 11.3 Å². The summed E-state index contributed by atoms with van der Waals surface area (Å²) >= 11 is 0. The maximum Gasteiger partial charge on any atom is 0.241 e. The molecule has 0 aliphatic rings. The molecule has 5 nitrogen and oxygen atoms in total. The molecule has 1 rings (SSSR count). The van der Waals surface area contributed by atoms with Gasteiger partial charge in [0.2, 0.25) is 15.8 Å². The first-order chi connectivity index (χ1) is 8.38. The topological polar surface area (TPSA) is 78.6 Å². The molecule has 1 aromatic carbocycles. The van der Waals surface area contributed by atoms with E-state index in [-0.39, 0.29) is 12.4 Å². The lowest BCUT2D eigenvalue weighted by molar-refractivity contribution is 0.170. The lowest BCUT2D eigenvalue weighted by Gasteiger charge is -2.09. The third-order valence-corrected chi connectivity index (χ3v) is 3.00. The highest BCUT2D eigenvalue weighted by Crippen LogP contribution is 2.24. The lowest BCUT2D eigenvalue weighted by Crippen LogP contribution is -2.15. The van der Waals surface area contributed by atoms with E-state index in [1.807, 2.05) is 0 Å². The second-order valence-corrected chi connectivity index (χ2v) is 4.96. The van der Waals surface area contributed by atoms with E-state index in [0.717, 1.165) is 12.1 Å². The first-order valence-corrected chi connectivity index (χ1v) is 6.55. The third-order valence-electron chi connectivity index (χ3n) is 2.07. The molecule has 0 heterocycles. The summed E-state index contributed by atoms with van der Waals surface area (Å²) in [5, 5.41) is 4.72. The highest BCUT2D eigenvalue weighted by molar-refractivity contribution is 7.89.